The molecule has 2 aliphatic heterocycles. The van der Waals surface area contributed by atoms with Gasteiger partial charge in [-0.1, -0.05) is 0 Å². The second-order valence-electron chi connectivity index (χ2n) is 10.6. The fourth-order valence-corrected chi connectivity index (χ4v) is 4.93. The lowest BCUT2D eigenvalue weighted by molar-refractivity contribution is -0.133. The highest BCUT2D eigenvalue weighted by Crippen LogP contribution is 2.39. The Bertz CT molecular complexity index is 1500. The molecule has 0 spiro atoms. The van der Waals surface area contributed by atoms with Crippen molar-refractivity contribution in [1.29, 1.82) is 0 Å². The Morgan fingerprint density at radius 1 is 1.10 bits per heavy atom. The van der Waals surface area contributed by atoms with Gasteiger partial charge in [0.1, 0.15) is 23.8 Å². The molecule has 1 fully saturated rings. The van der Waals surface area contributed by atoms with E-state index in [9.17, 15) is 18.8 Å². The number of hydrogen-bond donors (Lipinski definition) is 2. The first kappa shape index (κ1) is 28.4. The Morgan fingerprint density at radius 3 is 2.56 bits per heavy atom. The summed E-state index contributed by atoms with van der Waals surface area (Å²) in [7, 11) is 2.94. The van der Waals surface area contributed by atoms with Gasteiger partial charge in [-0.15, -0.1) is 0 Å². The van der Waals surface area contributed by atoms with Gasteiger partial charge in [0, 0.05) is 31.3 Å². The minimum atomic E-state index is -1.47. The highest BCUT2D eigenvalue weighted by Gasteiger charge is 2.48. The van der Waals surface area contributed by atoms with Crippen molar-refractivity contribution in [1.82, 2.24) is 15.5 Å². The van der Waals surface area contributed by atoms with Crippen molar-refractivity contribution in [2.45, 2.75) is 31.5 Å². The Hall–Kier alpha value is -4.16. The quantitative estimate of drug-likeness (QED) is 0.403. The van der Waals surface area contributed by atoms with E-state index >= 15 is 0 Å². The Morgan fingerprint density at radius 2 is 1.88 bits per heavy atom. The van der Waals surface area contributed by atoms with E-state index in [1.165, 1.54) is 37.3 Å². The monoisotopic (exact) mass is 569 g/mol. The predicted molar refractivity (Wildman–Crippen MR) is 145 cm³/mol. The molecule has 0 aliphatic carbocycles. The summed E-state index contributed by atoms with van der Waals surface area (Å²) in [6.45, 7) is 4.31. The van der Waals surface area contributed by atoms with Crippen LogP contribution in [-0.4, -0.2) is 80.9 Å². The van der Waals surface area contributed by atoms with Gasteiger partial charge in [0.2, 0.25) is 11.7 Å². The maximum Gasteiger partial charge on any atom is 0.294 e. The topological polar surface area (TPSA) is 129 Å². The summed E-state index contributed by atoms with van der Waals surface area (Å²) in [5.74, 6) is -1.35. The van der Waals surface area contributed by atoms with Crippen LogP contribution in [0.3, 0.4) is 0 Å². The lowest BCUT2D eigenvalue weighted by atomic mass is 9.99. The van der Waals surface area contributed by atoms with Gasteiger partial charge in [0.15, 0.2) is 11.3 Å². The molecule has 1 saturated heterocycles. The molecule has 3 amide bonds. The summed E-state index contributed by atoms with van der Waals surface area (Å²) in [5, 5.41) is 6.22. The molecule has 1 aromatic heterocycles. The molecule has 11 nitrogen and oxygen atoms in total. The minimum absolute atomic E-state index is 0.0375. The highest BCUT2D eigenvalue weighted by molar-refractivity contribution is 6.06. The van der Waals surface area contributed by atoms with Crippen LogP contribution in [0.4, 0.5) is 4.39 Å². The van der Waals surface area contributed by atoms with Gasteiger partial charge in [0.25, 0.3) is 11.8 Å². The van der Waals surface area contributed by atoms with E-state index in [4.69, 9.17) is 23.4 Å². The van der Waals surface area contributed by atoms with Crippen LogP contribution in [0.1, 0.15) is 40.3 Å². The van der Waals surface area contributed by atoms with Crippen molar-refractivity contribution < 1.29 is 42.1 Å². The summed E-state index contributed by atoms with van der Waals surface area (Å²) in [6, 6.07) is 8.83. The first-order valence-corrected chi connectivity index (χ1v) is 13.1. The van der Waals surface area contributed by atoms with Crippen molar-refractivity contribution in [3.63, 3.8) is 0 Å². The van der Waals surface area contributed by atoms with Crippen LogP contribution in [0, 0.1) is 5.82 Å². The first-order chi connectivity index (χ1) is 19.6. The molecule has 5 rings (SSSR count). The molecule has 12 heteroatoms. The number of benzene rings is 2. The molecule has 0 saturated carbocycles. The van der Waals surface area contributed by atoms with Gasteiger partial charge < -0.3 is 38.9 Å². The lowest BCUT2D eigenvalue weighted by Crippen LogP contribution is -2.61. The molecule has 0 radical (unpaired) electrons. The van der Waals surface area contributed by atoms with Crippen molar-refractivity contribution in [3.05, 3.63) is 59.1 Å². The number of carbonyl (C=O) groups excluding carboxylic acids is 3. The smallest absolute Gasteiger partial charge is 0.294 e. The van der Waals surface area contributed by atoms with Crippen LogP contribution >= 0.6 is 0 Å². The zero-order valence-corrected chi connectivity index (χ0v) is 23.3. The lowest BCUT2D eigenvalue weighted by Gasteiger charge is -2.38. The van der Waals surface area contributed by atoms with Crippen LogP contribution in [-0.2, 0) is 20.8 Å². The van der Waals surface area contributed by atoms with Crippen LogP contribution in [0.2, 0.25) is 0 Å². The highest BCUT2D eigenvalue weighted by atomic mass is 19.1. The van der Waals surface area contributed by atoms with Crippen molar-refractivity contribution >= 4 is 28.7 Å². The molecule has 1 unspecified atom stereocenters. The van der Waals surface area contributed by atoms with Crippen molar-refractivity contribution in [2.75, 3.05) is 47.2 Å². The van der Waals surface area contributed by atoms with E-state index < -0.39 is 28.7 Å². The third kappa shape index (κ3) is 5.32. The van der Waals surface area contributed by atoms with Crippen LogP contribution in [0.15, 0.2) is 40.8 Å². The zero-order chi connectivity index (χ0) is 29.4. The number of halogens is 1. The third-order valence-corrected chi connectivity index (χ3v) is 7.39. The number of carbonyl (C=O) groups is 3. The van der Waals surface area contributed by atoms with Gasteiger partial charge in [-0.25, -0.2) is 4.39 Å². The summed E-state index contributed by atoms with van der Waals surface area (Å²) in [5.41, 5.74) is -0.813. The number of hydrogen-bond acceptors (Lipinski definition) is 8. The predicted octanol–water partition coefficient (Wildman–Crippen LogP) is 2.66. The molecule has 2 aliphatic rings. The average Bonchev–Trinajstić information content (AvgIpc) is 3.27. The third-order valence-electron chi connectivity index (χ3n) is 7.39. The van der Waals surface area contributed by atoms with Crippen molar-refractivity contribution in [3.8, 4) is 11.5 Å². The molecule has 0 bridgehead atoms. The van der Waals surface area contributed by atoms with Gasteiger partial charge in [-0.05, 0) is 50.2 Å². The van der Waals surface area contributed by atoms with E-state index in [0.29, 0.717) is 41.1 Å². The normalized spacial score (nSPS) is 19.5. The van der Waals surface area contributed by atoms with E-state index in [-0.39, 0.29) is 43.7 Å². The van der Waals surface area contributed by atoms with E-state index in [1.807, 2.05) is 6.92 Å². The van der Waals surface area contributed by atoms with Crippen LogP contribution < -0.4 is 20.1 Å². The average molecular weight is 570 g/mol. The van der Waals surface area contributed by atoms with Gasteiger partial charge in [0.05, 0.1) is 37.9 Å². The molecule has 1 atom stereocenters. The molecule has 2 N–H and O–H groups in total. The number of fused-ring (bicyclic) bond motifs is 3. The molecule has 3 aromatic rings. The second-order valence-corrected chi connectivity index (χ2v) is 10.6. The molecule has 218 valence electrons. The number of rotatable bonds is 9. The summed E-state index contributed by atoms with van der Waals surface area (Å²) >= 11 is 0. The first-order valence-electron chi connectivity index (χ1n) is 13.1. The summed E-state index contributed by atoms with van der Waals surface area (Å²) < 4.78 is 41.6. The summed E-state index contributed by atoms with van der Waals surface area (Å²) in [4.78, 5) is 41.6. The largest absolute Gasteiger partial charge is 0.496 e. The molecule has 2 aromatic carbocycles. The number of methoxy groups -OCH3 is 2. The maximum absolute atomic E-state index is 13.9. The number of amides is 3. The molecule has 3 heterocycles. The van der Waals surface area contributed by atoms with Crippen LogP contribution in [0.25, 0.3) is 11.0 Å². The van der Waals surface area contributed by atoms with Gasteiger partial charge in [-0.2, -0.15) is 0 Å². The van der Waals surface area contributed by atoms with Gasteiger partial charge >= 0.3 is 0 Å². The second kappa shape index (κ2) is 11.0. The van der Waals surface area contributed by atoms with E-state index in [2.05, 4.69) is 10.6 Å². The number of furan rings is 1. The Kier molecular flexibility index (Phi) is 7.62. The number of nitrogens with one attached hydrogen (secondary N) is 2. The number of nitrogens with zero attached hydrogens (tertiary/aromatic N) is 1. The molecule has 41 heavy (non-hydrogen) atoms. The zero-order valence-electron chi connectivity index (χ0n) is 23.3. The van der Waals surface area contributed by atoms with E-state index in [1.54, 1.807) is 25.1 Å². The van der Waals surface area contributed by atoms with Crippen LogP contribution in [0.5, 0.6) is 11.5 Å². The fourth-order valence-electron chi connectivity index (χ4n) is 4.93. The maximum atomic E-state index is 13.9. The molecular formula is C29H32FN3O8. The number of ether oxygens (including phenoxy) is 4. The van der Waals surface area contributed by atoms with Gasteiger partial charge in [-0.3, -0.25) is 14.4 Å². The van der Waals surface area contributed by atoms with Crippen molar-refractivity contribution in [2.24, 2.45) is 0 Å². The fraction of sp³-hybridized carbons (Fsp3) is 0.414. The Balaban J connectivity index is 1.42. The molecular weight excluding hydrogens is 537 g/mol. The SMILES string of the molecule is COCCN1C(=O)c2oc3cc(C(=O)NC4(C)COC4)ccc3c2OCC1(C)C(=O)NCc1cc(F)ccc1OC. The summed E-state index contributed by atoms with van der Waals surface area (Å²) in [6.07, 6.45) is 0. The standard InChI is InChI=1S/C29H32FN3O8/c1-28(14-39-15-28)32-25(34)17-5-7-20-22(12-17)41-24-23(20)40-16-29(2,33(26(24)35)9-10-37-3)27(36)31-13-18-11-19(30)6-8-21(18)38-4/h5-8,11-12H,9-10,13-16H2,1-4H3,(H,31,36)(H,32,34). The van der Waals surface area contributed by atoms with E-state index in [0.717, 1.165) is 0 Å². The Labute approximate surface area is 235 Å². The minimum Gasteiger partial charge on any atom is -0.496 e.